The van der Waals surface area contributed by atoms with E-state index in [-0.39, 0.29) is 24.2 Å². The van der Waals surface area contributed by atoms with Crippen LogP contribution in [0.4, 0.5) is 0 Å². The summed E-state index contributed by atoms with van der Waals surface area (Å²) in [5.41, 5.74) is 0. The number of hydrogen-bond acceptors (Lipinski definition) is 3. The van der Waals surface area contributed by atoms with E-state index in [0.29, 0.717) is 12.1 Å². The monoisotopic (exact) mass is 240 g/mol. The molecular formula is C13H24N2O2. The van der Waals surface area contributed by atoms with Crippen molar-refractivity contribution in [3.05, 3.63) is 0 Å². The Morgan fingerprint density at radius 1 is 1.18 bits per heavy atom. The molecule has 98 valence electrons. The van der Waals surface area contributed by atoms with E-state index in [1.54, 1.807) is 0 Å². The summed E-state index contributed by atoms with van der Waals surface area (Å²) < 4.78 is 5.59. The minimum absolute atomic E-state index is 0.0718. The maximum atomic E-state index is 12.0. The number of rotatable bonds is 2. The molecule has 4 nitrogen and oxygen atoms in total. The highest BCUT2D eigenvalue weighted by atomic mass is 16.5. The van der Waals surface area contributed by atoms with Crippen molar-refractivity contribution in [1.29, 1.82) is 0 Å². The van der Waals surface area contributed by atoms with E-state index in [1.807, 2.05) is 6.92 Å². The Kier molecular flexibility index (Phi) is 4.05. The molecule has 1 amide bonds. The van der Waals surface area contributed by atoms with Crippen LogP contribution >= 0.6 is 0 Å². The fourth-order valence-corrected chi connectivity index (χ4v) is 2.80. The van der Waals surface area contributed by atoms with E-state index in [2.05, 4.69) is 24.5 Å². The van der Waals surface area contributed by atoms with Crippen molar-refractivity contribution < 1.29 is 9.53 Å². The first-order valence-corrected chi connectivity index (χ1v) is 6.78. The zero-order valence-electron chi connectivity index (χ0n) is 11.0. The molecule has 2 fully saturated rings. The lowest BCUT2D eigenvalue weighted by molar-refractivity contribution is -0.132. The summed E-state index contributed by atoms with van der Waals surface area (Å²) in [6.45, 7) is 6.36. The maximum absolute atomic E-state index is 12.0. The molecule has 2 rings (SSSR count). The lowest BCUT2D eigenvalue weighted by atomic mass is 9.95. The van der Waals surface area contributed by atoms with Crippen molar-refractivity contribution in [3.8, 4) is 0 Å². The van der Waals surface area contributed by atoms with Gasteiger partial charge in [-0.1, -0.05) is 0 Å². The van der Waals surface area contributed by atoms with Crippen LogP contribution in [0.1, 0.15) is 46.5 Å². The van der Waals surface area contributed by atoms with E-state index in [9.17, 15) is 4.79 Å². The predicted molar refractivity (Wildman–Crippen MR) is 66.8 cm³/mol. The molecule has 4 heteroatoms. The van der Waals surface area contributed by atoms with E-state index in [4.69, 9.17) is 4.74 Å². The van der Waals surface area contributed by atoms with Crippen LogP contribution in [0.2, 0.25) is 0 Å². The molecule has 0 spiro atoms. The molecule has 2 aliphatic rings. The largest absolute Gasteiger partial charge is 0.365 e. The number of carbonyl (C=O) groups excluding carboxylic acids is 1. The second-order valence-electron chi connectivity index (χ2n) is 5.56. The van der Waals surface area contributed by atoms with Gasteiger partial charge in [-0.25, -0.2) is 0 Å². The lowest BCUT2D eigenvalue weighted by Crippen LogP contribution is -2.56. The number of amides is 1. The Balaban J connectivity index is 1.82. The summed E-state index contributed by atoms with van der Waals surface area (Å²) in [5.74, 6) is 0.0718. The molecule has 5 atom stereocenters. The van der Waals surface area contributed by atoms with Crippen molar-refractivity contribution in [2.24, 2.45) is 0 Å². The van der Waals surface area contributed by atoms with Gasteiger partial charge in [0, 0.05) is 18.1 Å². The van der Waals surface area contributed by atoms with Crippen LogP contribution in [0.5, 0.6) is 0 Å². The summed E-state index contributed by atoms with van der Waals surface area (Å²) >= 11 is 0. The Morgan fingerprint density at radius 3 is 2.53 bits per heavy atom. The number of ether oxygens (including phenoxy) is 1. The van der Waals surface area contributed by atoms with Crippen LogP contribution < -0.4 is 10.6 Å². The molecule has 0 bridgehead atoms. The van der Waals surface area contributed by atoms with Crippen LogP contribution in [-0.2, 0) is 9.53 Å². The second kappa shape index (κ2) is 5.36. The van der Waals surface area contributed by atoms with Gasteiger partial charge in [-0.05, 0) is 46.5 Å². The molecule has 2 saturated heterocycles. The number of hydrogen-bond donors (Lipinski definition) is 2. The molecule has 0 radical (unpaired) electrons. The van der Waals surface area contributed by atoms with Gasteiger partial charge in [0.1, 0.15) is 6.10 Å². The highest BCUT2D eigenvalue weighted by molar-refractivity contribution is 5.81. The molecule has 2 N–H and O–H groups in total. The molecular weight excluding hydrogens is 216 g/mol. The molecule has 0 aliphatic carbocycles. The fourth-order valence-electron chi connectivity index (χ4n) is 2.80. The smallest absolute Gasteiger partial charge is 0.249 e. The van der Waals surface area contributed by atoms with Crippen molar-refractivity contribution in [2.75, 3.05) is 0 Å². The maximum Gasteiger partial charge on any atom is 0.249 e. The molecule has 0 saturated carbocycles. The van der Waals surface area contributed by atoms with Gasteiger partial charge < -0.3 is 15.4 Å². The average molecular weight is 240 g/mol. The van der Waals surface area contributed by atoms with Gasteiger partial charge in [-0.3, -0.25) is 4.79 Å². The summed E-state index contributed by atoms with van der Waals surface area (Å²) in [7, 11) is 0. The summed E-state index contributed by atoms with van der Waals surface area (Å²) in [4.78, 5) is 12.0. The fraction of sp³-hybridized carbons (Fsp3) is 0.923. The number of nitrogens with one attached hydrogen (secondary N) is 2. The van der Waals surface area contributed by atoms with Gasteiger partial charge in [0.25, 0.3) is 0 Å². The third-order valence-corrected chi connectivity index (χ3v) is 3.91. The van der Waals surface area contributed by atoms with Crippen LogP contribution in [0.3, 0.4) is 0 Å². The van der Waals surface area contributed by atoms with E-state index >= 15 is 0 Å². The van der Waals surface area contributed by atoms with Crippen molar-refractivity contribution in [1.82, 2.24) is 10.6 Å². The molecule has 0 aromatic carbocycles. The number of carbonyl (C=O) groups is 1. The first-order chi connectivity index (χ1) is 8.06. The van der Waals surface area contributed by atoms with Crippen molar-refractivity contribution in [2.45, 2.75) is 76.8 Å². The average Bonchev–Trinajstić information content (AvgIpc) is 2.69. The molecule has 2 aliphatic heterocycles. The van der Waals surface area contributed by atoms with Crippen LogP contribution in [0, 0.1) is 0 Å². The van der Waals surface area contributed by atoms with E-state index < -0.39 is 0 Å². The highest BCUT2D eigenvalue weighted by Crippen LogP contribution is 2.20. The Hall–Kier alpha value is -0.610. The topological polar surface area (TPSA) is 50.4 Å². The highest BCUT2D eigenvalue weighted by Gasteiger charge is 2.32. The van der Waals surface area contributed by atoms with E-state index in [0.717, 1.165) is 25.7 Å². The third-order valence-electron chi connectivity index (χ3n) is 3.91. The Bertz CT molecular complexity index is 283. The first kappa shape index (κ1) is 12.8. The quantitative estimate of drug-likeness (QED) is 0.762. The zero-order valence-corrected chi connectivity index (χ0v) is 11.0. The molecule has 0 aromatic heterocycles. The van der Waals surface area contributed by atoms with Crippen LogP contribution in [-0.4, -0.2) is 36.2 Å². The number of piperidine rings is 1. The minimum Gasteiger partial charge on any atom is -0.365 e. The molecule has 2 heterocycles. The van der Waals surface area contributed by atoms with Crippen LogP contribution in [0.25, 0.3) is 0 Å². The lowest BCUT2D eigenvalue weighted by Gasteiger charge is -2.35. The Labute approximate surface area is 103 Å². The molecule has 5 unspecified atom stereocenters. The van der Waals surface area contributed by atoms with Gasteiger partial charge in [0.2, 0.25) is 5.91 Å². The van der Waals surface area contributed by atoms with Gasteiger partial charge in [0.05, 0.1) is 6.10 Å². The summed E-state index contributed by atoms with van der Waals surface area (Å²) in [5, 5.41) is 6.60. The third kappa shape index (κ3) is 3.19. The SMILES string of the molecule is CC1CCC(NC(=O)C2CCC(C)O2)C(C)N1. The van der Waals surface area contributed by atoms with Gasteiger partial charge in [-0.2, -0.15) is 0 Å². The summed E-state index contributed by atoms with van der Waals surface area (Å²) in [6.07, 6.45) is 4.04. The molecule has 0 aromatic rings. The van der Waals surface area contributed by atoms with Gasteiger partial charge in [-0.15, -0.1) is 0 Å². The predicted octanol–water partition coefficient (Wildman–Crippen LogP) is 1.20. The minimum atomic E-state index is -0.225. The van der Waals surface area contributed by atoms with Crippen molar-refractivity contribution in [3.63, 3.8) is 0 Å². The van der Waals surface area contributed by atoms with Crippen LogP contribution in [0.15, 0.2) is 0 Å². The normalized spacial score (nSPS) is 42.4. The van der Waals surface area contributed by atoms with E-state index in [1.165, 1.54) is 0 Å². The van der Waals surface area contributed by atoms with Crippen molar-refractivity contribution >= 4 is 5.91 Å². The van der Waals surface area contributed by atoms with Gasteiger partial charge in [0.15, 0.2) is 0 Å². The summed E-state index contributed by atoms with van der Waals surface area (Å²) in [6, 6.07) is 1.15. The van der Waals surface area contributed by atoms with Gasteiger partial charge >= 0.3 is 0 Å². The zero-order chi connectivity index (χ0) is 12.4. The second-order valence-corrected chi connectivity index (χ2v) is 5.56. The molecule has 17 heavy (non-hydrogen) atoms. The standard InChI is InChI=1S/C13H24N2O2/c1-8-4-6-11(10(3)14-8)15-13(16)12-7-5-9(2)17-12/h8-12,14H,4-7H2,1-3H3,(H,15,16). The Morgan fingerprint density at radius 2 is 1.94 bits per heavy atom. The first-order valence-electron chi connectivity index (χ1n) is 6.78.